The third kappa shape index (κ3) is 5.83. The van der Waals surface area contributed by atoms with Gasteiger partial charge < -0.3 is 9.32 Å². The molecule has 0 atom stereocenters. The Morgan fingerprint density at radius 1 is 0.444 bits per heavy atom. The van der Waals surface area contributed by atoms with Gasteiger partial charge in [-0.3, -0.25) is 0 Å². The van der Waals surface area contributed by atoms with Crippen LogP contribution in [-0.4, -0.2) is 0 Å². The molecule has 0 aliphatic heterocycles. The Balaban J connectivity index is 0.914. The lowest BCUT2D eigenvalue weighted by molar-refractivity contribution is -0.00513. The van der Waals surface area contributed by atoms with Crippen LogP contribution in [0.25, 0.3) is 66.4 Å². The van der Waals surface area contributed by atoms with Crippen molar-refractivity contribution in [1.29, 1.82) is 0 Å². The number of benzene rings is 8. The highest BCUT2D eigenvalue weighted by molar-refractivity contribution is 6.12. The van der Waals surface area contributed by atoms with Crippen LogP contribution in [-0.2, 0) is 10.8 Å². The molecular weight excluding hydrogens is 763 g/mol. The van der Waals surface area contributed by atoms with E-state index in [9.17, 15) is 0 Å². The van der Waals surface area contributed by atoms with Crippen molar-refractivity contribution in [3.8, 4) is 44.5 Å². The molecule has 0 amide bonds. The summed E-state index contributed by atoms with van der Waals surface area (Å²) in [5.41, 5.74) is 19.9. The zero-order valence-corrected chi connectivity index (χ0v) is 36.2. The summed E-state index contributed by atoms with van der Waals surface area (Å²) in [7, 11) is 0. The van der Waals surface area contributed by atoms with Crippen LogP contribution >= 0.6 is 0 Å². The molecule has 4 saturated carbocycles. The van der Waals surface area contributed by atoms with Gasteiger partial charge in [0.05, 0.1) is 0 Å². The maximum atomic E-state index is 6.61. The van der Waals surface area contributed by atoms with Gasteiger partial charge in [-0.25, -0.2) is 0 Å². The summed E-state index contributed by atoms with van der Waals surface area (Å²) < 4.78 is 6.61. The van der Waals surface area contributed by atoms with E-state index in [0.717, 1.165) is 46.0 Å². The van der Waals surface area contributed by atoms with Crippen LogP contribution in [0.5, 0.6) is 0 Å². The standard InChI is InChI=1S/C61H51NO/c1-60(2)54-17-9-15-50(44-13-7-4-8-14-44)58(54)52-29-28-49(35-55(52)60)62(47-24-19-43(20-25-47)42-11-5-3-6-12-42)48-26-21-45(22-27-48)51-16-10-18-57-59(51)53-34-46(23-30-56(53)63-57)61-36-39-31-40(37-61)33-41(32-39)38-61/h3-30,34-35,39-41H,31-33,36-38H2,1-2H3. The maximum Gasteiger partial charge on any atom is 0.136 e. The van der Waals surface area contributed by atoms with E-state index in [0.29, 0.717) is 5.41 Å². The molecule has 4 fully saturated rings. The minimum absolute atomic E-state index is 0.167. The molecule has 5 aliphatic carbocycles. The molecule has 9 aromatic rings. The van der Waals surface area contributed by atoms with Gasteiger partial charge >= 0.3 is 0 Å². The van der Waals surface area contributed by atoms with Crippen LogP contribution in [0.2, 0.25) is 0 Å². The van der Waals surface area contributed by atoms with Gasteiger partial charge in [0, 0.05) is 33.2 Å². The molecule has 2 heteroatoms. The van der Waals surface area contributed by atoms with Crippen LogP contribution in [0, 0.1) is 17.8 Å². The highest BCUT2D eigenvalue weighted by Gasteiger charge is 2.51. The first-order valence-electron chi connectivity index (χ1n) is 23.2. The molecule has 1 aromatic heterocycles. The number of furan rings is 1. The summed E-state index contributed by atoms with van der Waals surface area (Å²) in [6, 6.07) is 67.6. The quantitative estimate of drug-likeness (QED) is 0.159. The van der Waals surface area contributed by atoms with Crippen molar-refractivity contribution in [3.63, 3.8) is 0 Å². The first-order valence-corrected chi connectivity index (χ1v) is 23.2. The Morgan fingerprint density at radius 2 is 1.02 bits per heavy atom. The van der Waals surface area contributed by atoms with Crippen molar-refractivity contribution in [2.45, 2.75) is 63.2 Å². The average Bonchev–Trinajstić information content (AvgIpc) is 3.81. The van der Waals surface area contributed by atoms with Gasteiger partial charge in [-0.15, -0.1) is 0 Å². The highest BCUT2D eigenvalue weighted by atomic mass is 16.3. The van der Waals surface area contributed by atoms with E-state index in [-0.39, 0.29) is 5.41 Å². The predicted molar refractivity (Wildman–Crippen MR) is 262 cm³/mol. The van der Waals surface area contributed by atoms with Crippen molar-refractivity contribution in [3.05, 3.63) is 199 Å². The van der Waals surface area contributed by atoms with Crippen LogP contribution in [0.15, 0.2) is 186 Å². The van der Waals surface area contributed by atoms with Crippen molar-refractivity contribution in [1.82, 2.24) is 0 Å². The zero-order chi connectivity index (χ0) is 41.9. The number of hydrogen-bond acceptors (Lipinski definition) is 2. The van der Waals surface area contributed by atoms with Crippen molar-refractivity contribution in [2.24, 2.45) is 17.8 Å². The summed E-state index contributed by atoms with van der Waals surface area (Å²) >= 11 is 0. The minimum atomic E-state index is -0.167. The fourth-order valence-electron chi connectivity index (χ4n) is 13.3. The van der Waals surface area contributed by atoms with E-state index in [4.69, 9.17) is 4.42 Å². The molecule has 306 valence electrons. The summed E-state index contributed by atoms with van der Waals surface area (Å²) in [4.78, 5) is 2.43. The van der Waals surface area contributed by atoms with E-state index >= 15 is 0 Å². The van der Waals surface area contributed by atoms with Crippen molar-refractivity contribution in [2.75, 3.05) is 4.90 Å². The second kappa shape index (κ2) is 13.9. The fraction of sp³-hybridized carbons (Fsp3) is 0.213. The molecular formula is C61H51NO. The maximum absolute atomic E-state index is 6.61. The Labute approximate surface area is 370 Å². The Hall–Kier alpha value is -6.64. The predicted octanol–water partition coefficient (Wildman–Crippen LogP) is 16.8. The van der Waals surface area contributed by atoms with Gasteiger partial charge in [0.1, 0.15) is 11.2 Å². The zero-order valence-electron chi connectivity index (χ0n) is 36.2. The fourth-order valence-corrected chi connectivity index (χ4v) is 13.3. The topological polar surface area (TPSA) is 16.4 Å². The van der Waals surface area contributed by atoms with Crippen LogP contribution in [0.1, 0.15) is 69.1 Å². The van der Waals surface area contributed by atoms with Crippen LogP contribution < -0.4 is 4.90 Å². The Bertz CT molecular complexity index is 3170. The molecule has 0 N–H and O–H groups in total. The molecule has 0 radical (unpaired) electrons. The molecule has 1 heterocycles. The SMILES string of the molecule is CC1(C)c2cc(N(c3ccc(-c4ccccc4)cc3)c3ccc(-c4cccc5oc6ccc(C78CC9CC(CC(C9)C7)C8)cc6c45)cc3)ccc2-c2c(-c3ccccc3)cccc21. The van der Waals surface area contributed by atoms with Gasteiger partial charge in [0.25, 0.3) is 0 Å². The number of hydrogen-bond donors (Lipinski definition) is 0. The largest absolute Gasteiger partial charge is 0.456 e. The molecule has 4 bridgehead atoms. The van der Waals surface area contributed by atoms with Gasteiger partial charge in [0.2, 0.25) is 0 Å². The Morgan fingerprint density at radius 3 is 1.70 bits per heavy atom. The monoisotopic (exact) mass is 813 g/mol. The van der Waals surface area contributed by atoms with E-state index in [1.54, 1.807) is 5.56 Å². The average molecular weight is 814 g/mol. The molecule has 14 rings (SSSR count). The van der Waals surface area contributed by atoms with E-state index in [1.165, 1.54) is 105 Å². The first-order chi connectivity index (χ1) is 30.9. The van der Waals surface area contributed by atoms with Crippen LogP contribution in [0.4, 0.5) is 17.1 Å². The lowest BCUT2D eigenvalue weighted by Crippen LogP contribution is -2.48. The summed E-state index contributed by atoms with van der Waals surface area (Å²) in [5, 5.41) is 2.49. The third-order valence-electron chi connectivity index (χ3n) is 15.8. The minimum Gasteiger partial charge on any atom is -0.456 e. The Kier molecular flexibility index (Phi) is 8.17. The van der Waals surface area contributed by atoms with Gasteiger partial charge in [-0.05, 0) is 177 Å². The first kappa shape index (κ1) is 37.0. The second-order valence-electron chi connectivity index (χ2n) is 19.9. The molecule has 0 spiro atoms. The third-order valence-corrected chi connectivity index (χ3v) is 15.8. The number of fused-ring (bicyclic) bond motifs is 6. The summed E-state index contributed by atoms with van der Waals surface area (Å²) in [6.07, 6.45) is 8.47. The van der Waals surface area contributed by atoms with Crippen molar-refractivity contribution >= 4 is 39.0 Å². The molecule has 5 aliphatic rings. The molecule has 2 nitrogen and oxygen atoms in total. The lowest BCUT2D eigenvalue weighted by Gasteiger charge is -2.57. The van der Waals surface area contributed by atoms with E-state index in [1.807, 2.05) is 0 Å². The number of rotatable bonds is 7. The van der Waals surface area contributed by atoms with Crippen LogP contribution in [0.3, 0.4) is 0 Å². The molecule has 0 saturated heterocycles. The van der Waals surface area contributed by atoms with E-state index in [2.05, 4.69) is 201 Å². The second-order valence-corrected chi connectivity index (χ2v) is 19.9. The number of nitrogens with zero attached hydrogens (tertiary/aromatic N) is 1. The number of anilines is 3. The summed E-state index contributed by atoms with van der Waals surface area (Å²) in [5.74, 6) is 2.74. The molecule has 63 heavy (non-hydrogen) atoms. The van der Waals surface area contributed by atoms with Crippen molar-refractivity contribution < 1.29 is 4.42 Å². The highest BCUT2D eigenvalue weighted by Crippen LogP contribution is 2.61. The normalized spacial score (nSPS) is 21.5. The van der Waals surface area contributed by atoms with Gasteiger partial charge in [-0.1, -0.05) is 141 Å². The molecule has 0 unspecified atom stereocenters. The smallest absolute Gasteiger partial charge is 0.136 e. The lowest BCUT2D eigenvalue weighted by atomic mass is 9.48. The summed E-state index contributed by atoms with van der Waals surface area (Å²) in [6.45, 7) is 4.77. The van der Waals surface area contributed by atoms with Gasteiger partial charge in [-0.2, -0.15) is 0 Å². The molecule has 8 aromatic carbocycles. The van der Waals surface area contributed by atoms with E-state index < -0.39 is 0 Å². The van der Waals surface area contributed by atoms with Gasteiger partial charge in [0.15, 0.2) is 0 Å².